The Morgan fingerprint density at radius 2 is 2.15 bits per heavy atom. The van der Waals surface area contributed by atoms with Crippen molar-refractivity contribution in [2.75, 3.05) is 0 Å². The van der Waals surface area contributed by atoms with Crippen molar-refractivity contribution >= 4 is 0 Å². The summed E-state index contributed by atoms with van der Waals surface area (Å²) in [5.41, 5.74) is 1.39. The van der Waals surface area contributed by atoms with Gasteiger partial charge in [-0.05, 0) is 30.2 Å². The lowest BCUT2D eigenvalue weighted by Crippen LogP contribution is -2.00. The average Bonchev–Trinajstić information content (AvgIpc) is 2.47. The van der Waals surface area contributed by atoms with Crippen LogP contribution < -0.4 is 0 Å². The van der Waals surface area contributed by atoms with Crippen LogP contribution in [0.4, 0.5) is 0 Å². The molecule has 1 rings (SSSR count). The fourth-order valence-corrected chi connectivity index (χ4v) is 1.76. The predicted octanol–water partition coefficient (Wildman–Crippen LogP) is 2.96. The van der Waals surface area contributed by atoms with Gasteiger partial charge in [-0.15, -0.1) is 0 Å². The number of nitrogens with zero attached hydrogens (tertiary/aromatic N) is 2. The van der Waals surface area contributed by atoms with Crippen LogP contribution in [-0.4, -0.2) is 9.78 Å². The lowest BCUT2D eigenvalue weighted by molar-refractivity contribution is 0.489. The van der Waals surface area contributed by atoms with Gasteiger partial charge in [-0.3, -0.25) is 4.68 Å². The molecule has 2 heteroatoms. The van der Waals surface area contributed by atoms with Crippen LogP contribution in [0, 0.1) is 5.92 Å². The van der Waals surface area contributed by atoms with Gasteiger partial charge in [0, 0.05) is 13.2 Å². The zero-order valence-corrected chi connectivity index (χ0v) is 9.12. The number of rotatable bonds is 4. The minimum atomic E-state index is 0.689. The molecule has 0 aliphatic carbocycles. The average molecular weight is 180 g/mol. The molecule has 1 heterocycles. The summed E-state index contributed by atoms with van der Waals surface area (Å²) >= 11 is 0. The highest BCUT2D eigenvalue weighted by molar-refractivity contribution is 5.10. The summed E-state index contributed by atoms with van der Waals surface area (Å²) in [5.74, 6) is 1.46. The van der Waals surface area contributed by atoms with E-state index in [0.717, 1.165) is 5.92 Å². The largest absolute Gasteiger partial charge is 0.276 e. The first kappa shape index (κ1) is 10.3. The molecule has 0 radical (unpaired) electrons. The molecular formula is C11H20N2. The third-order valence-electron chi connectivity index (χ3n) is 2.44. The predicted molar refractivity (Wildman–Crippen MR) is 55.7 cm³/mol. The highest BCUT2D eigenvalue weighted by atomic mass is 15.2. The molecule has 0 fully saturated rings. The Hall–Kier alpha value is -0.790. The molecule has 2 nitrogen and oxygen atoms in total. The Kier molecular flexibility index (Phi) is 3.52. The molecule has 0 bridgehead atoms. The molecule has 1 aromatic rings. The van der Waals surface area contributed by atoms with Gasteiger partial charge in [0.2, 0.25) is 0 Å². The molecule has 1 aromatic heterocycles. The molecule has 0 aromatic carbocycles. The zero-order chi connectivity index (χ0) is 9.84. The van der Waals surface area contributed by atoms with Crippen LogP contribution in [0.3, 0.4) is 0 Å². The molecule has 0 saturated heterocycles. The van der Waals surface area contributed by atoms with Crippen molar-refractivity contribution in [3.05, 3.63) is 18.0 Å². The summed E-state index contributed by atoms with van der Waals surface area (Å²) in [6, 6.07) is 0. The highest BCUT2D eigenvalue weighted by Crippen LogP contribution is 2.25. The molecule has 0 amide bonds. The van der Waals surface area contributed by atoms with Crippen LogP contribution in [-0.2, 0) is 7.05 Å². The Bertz CT molecular complexity index is 250. The van der Waals surface area contributed by atoms with Crippen LogP contribution in [0.1, 0.15) is 45.1 Å². The summed E-state index contributed by atoms with van der Waals surface area (Å²) < 4.78 is 1.89. The molecule has 0 aliphatic heterocycles. The van der Waals surface area contributed by atoms with Crippen LogP contribution >= 0.6 is 0 Å². The minimum Gasteiger partial charge on any atom is -0.276 e. The smallest absolute Gasteiger partial charge is 0.0524 e. The maximum absolute atomic E-state index is 4.21. The van der Waals surface area contributed by atoms with Crippen molar-refractivity contribution in [1.29, 1.82) is 0 Å². The number of hydrogen-bond donors (Lipinski definition) is 0. The molecule has 0 N–H and O–H groups in total. The second-order valence-corrected chi connectivity index (χ2v) is 4.18. The molecular weight excluding hydrogens is 160 g/mol. The van der Waals surface area contributed by atoms with E-state index in [9.17, 15) is 0 Å². The molecule has 1 atom stereocenters. The van der Waals surface area contributed by atoms with Crippen molar-refractivity contribution in [3.63, 3.8) is 0 Å². The minimum absolute atomic E-state index is 0.689. The van der Waals surface area contributed by atoms with Crippen molar-refractivity contribution in [2.24, 2.45) is 13.0 Å². The van der Waals surface area contributed by atoms with E-state index < -0.39 is 0 Å². The Balaban J connectivity index is 2.66. The Labute approximate surface area is 81.0 Å². The number of aromatic nitrogens is 2. The first-order chi connectivity index (χ1) is 6.13. The third-order valence-corrected chi connectivity index (χ3v) is 2.44. The Morgan fingerprint density at radius 3 is 2.54 bits per heavy atom. The normalized spacial score (nSPS) is 13.6. The topological polar surface area (TPSA) is 17.8 Å². The Morgan fingerprint density at radius 1 is 1.46 bits per heavy atom. The summed E-state index contributed by atoms with van der Waals surface area (Å²) in [5, 5.41) is 4.21. The van der Waals surface area contributed by atoms with E-state index in [4.69, 9.17) is 0 Å². The number of aryl methyl sites for hydroxylation is 1. The summed E-state index contributed by atoms with van der Waals surface area (Å²) in [6.07, 6.45) is 6.61. The molecule has 0 aliphatic rings. The summed E-state index contributed by atoms with van der Waals surface area (Å²) in [7, 11) is 1.98. The van der Waals surface area contributed by atoms with Crippen molar-refractivity contribution in [2.45, 2.75) is 39.5 Å². The van der Waals surface area contributed by atoms with Gasteiger partial charge in [-0.25, -0.2) is 0 Å². The van der Waals surface area contributed by atoms with E-state index in [1.807, 2.05) is 17.9 Å². The van der Waals surface area contributed by atoms with Crippen LogP contribution in [0.2, 0.25) is 0 Å². The van der Waals surface area contributed by atoms with Gasteiger partial charge >= 0.3 is 0 Å². The molecule has 74 valence electrons. The van der Waals surface area contributed by atoms with Gasteiger partial charge in [-0.2, -0.15) is 5.10 Å². The number of hydrogen-bond acceptors (Lipinski definition) is 1. The standard InChI is InChI=1S/C11H20N2/c1-5-10(6-9(2)3)11-7-12-13(4)8-11/h7-10H,5-6H2,1-4H3. The van der Waals surface area contributed by atoms with Gasteiger partial charge in [0.25, 0.3) is 0 Å². The van der Waals surface area contributed by atoms with Crippen molar-refractivity contribution in [1.82, 2.24) is 9.78 Å². The monoisotopic (exact) mass is 180 g/mol. The van der Waals surface area contributed by atoms with Gasteiger partial charge < -0.3 is 0 Å². The highest BCUT2D eigenvalue weighted by Gasteiger charge is 2.12. The van der Waals surface area contributed by atoms with E-state index in [1.54, 1.807) is 0 Å². The second kappa shape index (κ2) is 4.45. The van der Waals surface area contributed by atoms with Crippen LogP contribution in [0.5, 0.6) is 0 Å². The van der Waals surface area contributed by atoms with Crippen molar-refractivity contribution in [3.8, 4) is 0 Å². The van der Waals surface area contributed by atoms with E-state index in [-0.39, 0.29) is 0 Å². The fourth-order valence-electron chi connectivity index (χ4n) is 1.76. The SMILES string of the molecule is CCC(CC(C)C)c1cnn(C)c1. The maximum atomic E-state index is 4.21. The first-order valence-electron chi connectivity index (χ1n) is 5.12. The summed E-state index contributed by atoms with van der Waals surface area (Å²) in [6.45, 7) is 6.80. The third kappa shape index (κ3) is 2.87. The molecule has 0 saturated carbocycles. The lowest BCUT2D eigenvalue weighted by atomic mass is 9.90. The fraction of sp³-hybridized carbons (Fsp3) is 0.727. The summed E-state index contributed by atoms with van der Waals surface area (Å²) in [4.78, 5) is 0. The quantitative estimate of drug-likeness (QED) is 0.696. The maximum Gasteiger partial charge on any atom is 0.0524 e. The van der Waals surface area contributed by atoms with E-state index in [2.05, 4.69) is 32.1 Å². The van der Waals surface area contributed by atoms with E-state index in [1.165, 1.54) is 18.4 Å². The molecule has 13 heavy (non-hydrogen) atoms. The second-order valence-electron chi connectivity index (χ2n) is 4.18. The zero-order valence-electron chi connectivity index (χ0n) is 9.12. The van der Waals surface area contributed by atoms with Gasteiger partial charge in [-0.1, -0.05) is 20.8 Å². The van der Waals surface area contributed by atoms with Crippen molar-refractivity contribution < 1.29 is 0 Å². The van der Waals surface area contributed by atoms with Gasteiger partial charge in [0.1, 0.15) is 0 Å². The first-order valence-corrected chi connectivity index (χ1v) is 5.12. The van der Waals surface area contributed by atoms with Gasteiger partial charge in [0.05, 0.1) is 6.20 Å². The van der Waals surface area contributed by atoms with Crippen LogP contribution in [0.25, 0.3) is 0 Å². The van der Waals surface area contributed by atoms with Crippen LogP contribution in [0.15, 0.2) is 12.4 Å². The van der Waals surface area contributed by atoms with Gasteiger partial charge in [0.15, 0.2) is 0 Å². The lowest BCUT2D eigenvalue weighted by Gasteiger charge is -2.14. The molecule has 0 spiro atoms. The molecule has 1 unspecified atom stereocenters. The van der Waals surface area contributed by atoms with E-state index >= 15 is 0 Å². The van der Waals surface area contributed by atoms with E-state index in [0.29, 0.717) is 5.92 Å².